The van der Waals surface area contributed by atoms with Gasteiger partial charge >= 0.3 is 6.03 Å². The largest absolute Gasteiger partial charge is 0.457 e. The van der Waals surface area contributed by atoms with Crippen LogP contribution < -0.4 is 21.1 Å². The number of urea groups is 1. The van der Waals surface area contributed by atoms with E-state index in [1.807, 2.05) is 66.7 Å². The van der Waals surface area contributed by atoms with Crippen molar-refractivity contribution >= 4 is 42.5 Å². The van der Waals surface area contributed by atoms with Crippen molar-refractivity contribution in [1.82, 2.24) is 39.6 Å². The fourth-order valence-electron chi connectivity index (χ4n) is 12.0. The molecule has 4 amide bonds. The third kappa shape index (κ3) is 12.0. The minimum atomic E-state index is -0.827. The Labute approximate surface area is 429 Å². The molecule has 0 spiro atoms. The fourth-order valence-corrected chi connectivity index (χ4v) is 12.0. The average Bonchev–Trinajstić information content (AvgIpc) is 3.85. The molecule has 4 fully saturated rings. The first kappa shape index (κ1) is 52.9. The number of fused-ring (bicyclic) bond motifs is 1. The lowest BCUT2D eigenvalue weighted by Crippen LogP contribution is -2.55. The third-order valence-electron chi connectivity index (χ3n) is 16.2. The molecule has 3 aromatic carbocycles. The average molecular weight is 999 g/mol. The van der Waals surface area contributed by atoms with Gasteiger partial charge in [-0.25, -0.2) is 9.48 Å². The van der Waals surface area contributed by atoms with Gasteiger partial charge in [-0.15, -0.1) is 0 Å². The summed E-state index contributed by atoms with van der Waals surface area (Å²) in [5.41, 5.74) is 8.24. The van der Waals surface area contributed by atoms with Crippen molar-refractivity contribution in [2.75, 3.05) is 85.4 Å². The minimum Gasteiger partial charge on any atom is -0.457 e. The van der Waals surface area contributed by atoms with Crippen LogP contribution >= 0.6 is 0 Å². The molecule has 0 saturated carbocycles. The van der Waals surface area contributed by atoms with Gasteiger partial charge in [0.25, 0.3) is 5.91 Å². The normalized spacial score (nSPS) is 19.9. The van der Waals surface area contributed by atoms with Crippen LogP contribution in [0.25, 0.3) is 11.3 Å². The van der Waals surface area contributed by atoms with E-state index in [-0.39, 0.29) is 47.9 Å². The lowest BCUT2D eigenvalue weighted by molar-refractivity contribution is -0.125. The maximum Gasteiger partial charge on any atom is 0.320 e. The first-order valence-corrected chi connectivity index (χ1v) is 26.4. The van der Waals surface area contributed by atoms with Crippen LogP contribution in [-0.2, 0) is 9.59 Å². The third-order valence-corrected chi connectivity index (χ3v) is 16.2. The van der Waals surface area contributed by atoms with Crippen LogP contribution in [0.15, 0.2) is 72.8 Å². The number of carbonyl (C=O) groups excluding carboxylic acids is 6. The standard InChI is InChI=1S/C55H69N9O7.CH5N/c1-56-53(68)50(9-6-34-65)59(2)54(69)47-35-41(10-11-42(47)36-66)38-17-26-60(27-18-38)43-21-30-62(31-22-43)55(70)63-32-23-44(24-33-63)61-28-19-39(20-29-61)49-16-25-57-52-48(37-67)51(58-64(49)52)40-12-14-46(15-13-40)71-45-7-4-3-5-8-45;1-2/h3-5,7-8,10-15,34-39,43-44,49-50,57H,6,9,16-33H2,1-2H3,(H,56,68);2H2,1H3. The predicted octanol–water partition coefficient (Wildman–Crippen LogP) is 6.71. The van der Waals surface area contributed by atoms with Gasteiger partial charge in [-0.2, -0.15) is 5.10 Å². The zero-order valence-electron chi connectivity index (χ0n) is 42.8. The van der Waals surface area contributed by atoms with Gasteiger partial charge in [0.05, 0.1) is 17.2 Å². The zero-order valence-corrected chi connectivity index (χ0v) is 42.8. The summed E-state index contributed by atoms with van der Waals surface area (Å²) in [5, 5.41) is 11.2. The van der Waals surface area contributed by atoms with Crippen LogP contribution in [0.4, 0.5) is 10.6 Å². The number of para-hydroxylation sites is 1. The van der Waals surface area contributed by atoms with E-state index >= 15 is 0 Å². The van der Waals surface area contributed by atoms with Gasteiger partial charge in [-0.1, -0.05) is 30.3 Å². The molecular weight excluding hydrogens is 925 g/mol. The number of nitrogens with one attached hydrogen (secondary N) is 2. The highest BCUT2D eigenvalue weighted by Crippen LogP contribution is 2.41. The van der Waals surface area contributed by atoms with Crippen LogP contribution in [0.3, 0.4) is 0 Å². The molecule has 2 atom stereocenters. The van der Waals surface area contributed by atoms with Crippen molar-refractivity contribution in [1.29, 1.82) is 0 Å². The second kappa shape index (κ2) is 25.0. The number of aromatic nitrogens is 2. The van der Waals surface area contributed by atoms with E-state index in [4.69, 9.17) is 9.84 Å². The Morgan fingerprint density at radius 3 is 1.95 bits per heavy atom. The number of ether oxygens (including phenoxy) is 1. The summed E-state index contributed by atoms with van der Waals surface area (Å²) in [6.07, 6.45) is 11.5. The number of carbonyl (C=O) groups is 6. The van der Waals surface area contributed by atoms with Gasteiger partial charge in [0.2, 0.25) is 5.91 Å². The molecule has 73 heavy (non-hydrogen) atoms. The van der Waals surface area contributed by atoms with E-state index in [9.17, 15) is 28.8 Å². The van der Waals surface area contributed by atoms with E-state index in [0.717, 1.165) is 158 Å². The molecule has 0 bridgehead atoms. The van der Waals surface area contributed by atoms with Gasteiger partial charge in [0.1, 0.15) is 35.3 Å². The summed E-state index contributed by atoms with van der Waals surface area (Å²) in [6, 6.07) is 23.4. The van der Waals surface area contributed by atoms with E-state index in [1.165, 1.54) is 19.0 Å². The van der Waals surface area contributed by atoms with E-state index in [0.29, 0.717) is 35.5 Å². The summed E-state index contributed by atoms with van der Waals surface area (Å²) in [5.74, 6) is 2.23. The first-order valence-electron chi connectivity index (χ1n) is 26.4. The summed E-state index contributed by atoms with van der Waals surface area (Å²) in [7, 11) is 4.54. The van der Waals surface area contributed by atoms with Crippen molar-refractivity contribution in [2.45, 2.75) is 101 Å². The SMILES string of the molecule is CN.CNC(=O)C(CCC=O)N(C)C(=O)c1cc(C2CCN(C3CCN(C(=O)N4CCC(N5CCC(C6CCNc7c(C=O)c(-c8ccc(Oc9ccccc9)cc8)nn76)CC5)CC4)CC3)CC2)ccc1C=O. The monoisotopic (exact) mass is 999 g/mol. The van der Waals surface area contributed by atoms with Crippen LogP contribution in [0.2, 0.25) is 0 Å². The number of piperidine rings is 4. The molecular formula is C56H74N10O7. The Balaban J connectivity index is 0.00000351. The molecule has 4 aromatic rings. The number of nitrogens with zero attached hydrogens (tertiary/aromatic N) is 7. The molecule has 5 aliphatic heterocycles. The highest BCUT2D eigenvalue weighted by atomic mass is 16.5. The molecule has 6 heterocycles. The smallest absolute Gasteiger partial charge is 0.320 e. The van der Waals surface area contributed by atoms with Crippen molar-refractivity contribution in [3.63, 3.8) is 0 Å². The second-order valence-corrected chi connectivity index (χ2v) is 20.1. The molecule has 17 nitrogen and oxygen atoms in total. The van der Waals surface area contributed by atoms with Crippen LogP contribution in [0, 0.1) is 5.92 Å². The quantitative estimate of drug-likeness (QED) is 0.107. The highest BCUT2D eigenvalue weighted by molar-refractivity contribution is 6.03. The number of hydrogen-bond acceptors (Lipinski definition) is 12. The number of rotatable bonds is 15. The Bertz CT molecular complexity index is 2510. The maximum atomic E-state index is 13.9. The number of amides is 4. The van der Waals surface area contributed by atoms with Crippen LogP contribution in [0.1, 0.15) is 119 Å². The number of benzene rings is 3. The molecule has 1 aromatic heterocycles. The Morgan fingerprint density at radius 2 is 1.37 bits per heavy atom. The van der Waals surface area contributed by atoms with Gasteiger partial charge < -0.3 is 50.4 Å². The molecule has 2 unspecified atom stereocenters. The summed E-state index contributed by atoms with van der Waals surface area (Å²) < 4.78 is 8.10. The number of aldehydes is 3. The summed E-state index contributed by atoms with van der Waals surface area (Å²) in [6.45, 7) is 7.79. The van der Waals surface area contributed by atoms with Crippen LogP contribution in [0.5, 0.6) is 11.5 Å². The van der Waals surface area contributed by atoms with Gasteiger partial charge in [0, 0.05) is 76.5 Å². The van der Waals surface area contributed by atoms with Crippen molar-refractivity contribution in [3.05, 3.63) is 95.1 Å². The Morgan fingerprint density at radius 1 is 0.767 bits per heavy atom. The fraction of sp³-hybridized carbons (Fsp3) is 0.518. The van der Waals surface area contributed by atoms with Crippen LogP contribution in [-0.4, -0.2) is 169 Å². The lowest BCUT2D eigenvalue weighted by Gasteiger charge is -2.45. The summed E-state index contributed by atoms with van der Waals surface area (Å²) in [4.78, 5) is 86.5. The second-order valence-electron chi connectivity index (χ2n) is 20.1. The zero-order chi connectivity index (χ0) is 51.4. The molecule has 4 saturated heterocycles. The molecule has 4 N–H and O–H groups in total. The molecule has 0 aliphatic carbocycles. The maximum absolute atomic E-state index is 13.9. The molecule has 9 rings (SSSR count). The molecule has 0 radical (unpaired) electrons. The van der Waals surface area contributed by atoms with E-state index < -0.39 is 11.9 Å². The van der Waals surface area contributed by atoms with E-state index in [1.54, 1.807) is 13.1 Å². The van der Waals surface area contributed by atoms with Gasteiger partial charge in [0.15, 0.2) is 12.6 Å². The number of nitrogens with two attached hydrogens (primary N) is 1. The minimum absolute atomic E-state index is 0.139. The Kier molecular flexibility index (Phi) is 18.1. The highest BCUT2D eigenvalue weighted by Gasteiger charge is 2.38. The first-order chi connectivity index (χ1) is 35.7. The number of likely N-dealkylation sites (N-methyl/N-ethyl adjacent to an activating group) is 2. The topological polar surface area (TPSA) is 196 Å². The number of likely N-dealkylation sites (tertiary alicyclic amines) is 4. The van der Waals surface area contributed by atoms with Crippen molar-refractivity contribution < 1.29 is 33.5 Å². The van der Waals surface area contributed by atoms with Crippen molar-refractivity contribution in [2.24, 2.45) is 11.7 Å². The van der Waals surface area contributed by atoms with E-state index in [2.05, 4.69) is 40.6 Å². The number of anilines is 1. The number of hydrogen-bond donors (Lipinski definition) is 3. The summed E-state index contributed by atoms with van der Waals surface area (Å²) >= 11 is 0. The lowest BCUT2D eigenvalue weighted by atomic mass is 9.85. The van der Waals surface area contributed by atoms with Crippen molar-refractivity contribution in [3.8, 4) is 22.8 Å². The predicted molar refractivity (Wildman–Crippen MR) is 281 cm³/mol. The Hall–Kier alpha value is -6.43. The molecule has 5 aliphatic rings. The van der Waals surface area contributed by atoms with Gasteiger partial charge in [-0.05, 0) is 157 Å². The molecule has 17 heteroatoms. The van der Waals surface area contributed by atoms with Gasteiger partial charge in [-0.3, -0.25) is 19.2 Å². The molecule has 390 valence electrons.